The Kier molecular flexibility index (Phi) is 3.93. The number of halogens is 1. The lowest BCUT2D eigenvalue weighted by Crippen LogP contribution is -2.13. The molecular formula is C12H15FO4. The second-order valence-corrected chi connectivity index (χ2v) is 3.97. The average Bonchev–Trinajstić information content (AvgIpc) is 2.26. The molecule has 2 N–H and O–H groups in total. The Morgan fingerprint density at radius 3 is 2.65 bits per heavy atom. The molecule has 1 rings (SSSR count). The molecule has 0 fully saturated rings. The number of hydrogen-bond acceptors (Lipinski definition) is 3. The Morgan fingerprint density at radius 1 is 1.59 bits per heavy atom. The summed E-state index contributed by atoms with van der Waals surface area (Å²) in [7, 11) is 1.26. The van der Waals surface area contributed by atoms with Crippen LogP contribution in [0.2, 0.25) is 0 Å². The minimum atomic E-state index is -0.958. The Labute approximate surface area is 98.7 Å². The van der Waals surface area contributed by atoms with E-state index in [1.807, 2.05) is 0 Å². The number of carboxylic acid groups (broad SMARTS) is 1. The van der Waals surface area contributed by atoms with E-state index in [1.54, 1.807) is 6.92 Å². The number of methoxy groups -OCH3 is 1. The van der Waals surface area contributed by atoms with Gasteiger partial charge in [-0.25, -0.2) is 4.39 Å². The molecule has 0 bridgehead atoms. The van der Waals surface area contributed by atoms with Gasteiger partial charge in [0.1, 0.15) is 0 Å². The largest absolute Gasteiger partial charge is 0.504 e. The fourth-order valence-corrected chi connectivity index (χ4v) is 1.59. The molecule has 1 aromatic rings. The molecule has 0 saturated carbocycles. The van der Waals surface area contributed by atoms with Crippen molar-refractivity contribution in [1.29, 1.82) is 0 Å². The van der Waals surface area contributed by atoms with Gasteiger partial charge in [0.05, 0.1) is 13.0 Å². The first-order chi connectivity index (χ1) is 7.88. The molecule has 1 unspecified atom stereocenters. The highest BCUT2D eigenvalue weighted by Crippen LogP contribution is 2.35. The Balaban J connectivity index is 3.15. The molecule has 5 heteroatoms. The standard InChI is InChI=1S/C12H15FO4/c1-6(12(15)16)4-8-5-9(13)11(17-3)10(14)7(8)2/h5-6,14H,4H2,1-3H3,(H,15,16). The second-order valence-electron chi connectivity index (χ2n) is 3.97. The van der Waals surface area contributed by atoms with E-state index < -0.39 is 17.7 Å². The van der Waals surface area contributed by atoms with Gasteiger partial charge in [-0.15, -0.1) is 0 Å². The van der Waals surface area contributed by atoms with Crippen LogP contribution in [0.5, 0.6) is 11.5 Å². The molecule has 94 valence electrons. The molecular weight excluding hydrogens is 227 g/mol. The number of hydrogen-bond donors (Lipinski definition) is 2. The summed E-state index contributed by atoms with van der Waals surface area (Å²) in [6.45, 7) is 3.13. The van der Waals surface area contributed by atoms with Gasteiger partial charge in [-0.1, -0.05) is 6.92 Å². The lowest BCUT2D eigenvalue weighted by molar-refractivity contribution is -0.141. The van der Waals surface area contributed by atoms with Gasteiger partial charge in [0, 0.05) is 0 Å². The number of aromatic hydroxyl groups is 1. The molecule has 0 spiro atoms. The first-order valence-corrected chi connectivity index (χ1v) is 5.16. The summed E-state index contributed by atoms with van der Waals surface area (Å²) in [5.74, 6) is -2.78. The van der Waals surface area contributed by atoms with Gasteiger partial charge in [-0.2, -0.15) is 0 Å². The highest BCUT2D eigenvalue weighted by Gasteiger charge is 2.19. The minimum absolute atomic E-state index is 0.162. The number of carboxylic acids is 1. The monoisotopic (exact) mass is 242 g/mol. The van der Waals surface area contributed by atoms with Crippen molar-refractivity contribution in [2.45, 2.75) is 20.3 Å². The molecule has 4 nitrogen and oxygen atoms in total. The van der Waals surface area contributed by atoms with Crippen LogP contribution in [0.3, 0.4) is 0 Å². The molecule has 17 heavy (non-hydrogen) atoms. The number of ether oxygens (including phenoxy) is 1. The molecule has 1 aromatic carbocycles. The van der Waals surface area contributed by atoms with E-state index in [0.29, 0.717) is 11.1 Å². The normalized spacial score (nSPS) is 12.2. The molecule has 0 aliphatic rings. The zero-order chi connectivity index (χ0) is 13.2. The lowest BCUT2D eigenvalue weighted by atomic mass is 9.96. The molecule has 1 atom stereocenters. The van der Waals surface area contributed by atoms with Crippen LogP contribution in [0.25, 0.3) is 0 Å². The van der Waals surface area contributed by atoms with Crippen LogP contribution in [0.1, 0.15) is 18.1 Å². The molecule has 0 amide bonds. The first kappa shape index (κ1) is 13.3. The van der Waals surface area contributed by atoms with Gasteiger partial charge in [0.25, 0.3) is 0 Å². The highest BCUT2D eigenvalue weighted by atomic mass is 19.1. The number of benzene rings is 1. The quantitative estimate of drug-likeness (QED) is 0.848. The van der Waals surface area contributed by atoms with Crippen molar-refractivity contribution in [2.75, 3.05) is 7.11 Å². The Morgan fingerprint density at radius 2 is 2.18 bits per heavy atom. The predicted molar refractivity (Wildman–Crippen MR) is 59.9 cm³/mol. The summed E-state index contributed by atoms with van der Waals surface area (Å²) >= 11 is 0. The number of carbonyl (C=O) groups is 1. The van der Waals surface area contributed by atoms with Crippen molar-refractivity contribution in [2.24, 2.45) is 5.92 Å². The van der Waals surface area contributed by atoms with Crippen molar-refractivity contribution in [1.82, 2.24) is 0 Å². The van der Waals surface area contributed by atoms with E-state index in [9.17, 15) is 14.3 Å². The van der Waals surface area contributed by atoms with Crippen LogP contribution < -0.4 is 4.74 Å². The summed E-state index contributed by atoms with van der Waals surface area (Å²) < 4.78 is 18.2. The number of phenols is 1. The highest BCUT2D eigenvalue weighted by molar-refractivity contribution is 5.70. The summed E-state index contributed by atoms with van der Waals surface area (Å²) in [5.41, 5.74) is 0.909. The van der Waals surface area contributed by atoms with E-state index in [1.165, 1.54) is 20.1 Å². The van der Waals surface area contributed by atoms with Crippen LogP contribution in [-0.4, -0.2) is 23.3 Å². The van der Waals surface area contributed by atoms with Crippen LogP contribution in [0, 0.1) is 18.7 Å². The van der Waals surface area contributed by atoms with E-state index in [0.717, 1.165) is 0 Å². The van der Waals surface area contributed by atoms with Gasteiger partial charge < -0.3 is 14.9 Å². The van der Waals surface area contributed by atoms with Crippen molar-refractivity contribution in [3.8, 4) is 11.5 Å². The zero-order valence-corrected chi connectivity index (χ0v) is 9.95. The maximum Gasteiger partial charge on any atom is 0.306 e. The van der Waals surface area contributed by atoms with Gasteiger partial charge in [-0.3, -0.25) is 4.79 Å². The number of aliphatic carboxylic acids is 1. The SMILES string of the molecule is COc1c(F)cc(CC(C)C(=O)O)c(C)c1O. The third-order valence-electron chi connectivity index (χ3n) is 2.72. The molecule has 0 radical (unpaired) electrons. The molecule has 0 saturated heterocycles. The van der Waals surface area contributed by atoms with E-state index in [4.69, 9.17) is 9.84 Å². The topological polar surface area (TPSA) is 66.8 Å². The van der Waals surface area contributed by atoms with E-state index >= 15 is 0 Å². The minimum Gasteiger partial charge on any atom is -0.504 e. The molecule has 0 aliphatic carbocycles. The predicted octanol–water partition coefficient (Wildman–Crippen LogP) is 2.11. The first-order valence-electron chi connectivity index (χ1n) is 5.16. The van der Waals surface area contributed by atoms with Gasteiger partial charge in [0.15, 0.2) is 17.3 Å². The van der Waals surface area contributed by atoms with E-state index in [2.05, 4.69) is 0 Å². The summed E-state index contributed by atoms with van der Waals surface area (Å²) in [4.78, 5) is 10.7. The summed E-state index contributed by atoms with van der Waals surface area (Å²) in [6, 6.07) is 1.20. The van der Waals surface area contributed by atoms with Crippen LogP contribution in [0.15, 0.2) is 6.07 Å². The van der Waals surface area contributed by atoms with Gasteiger partial charge in [0.2, 0.25) is 0 Å². The van der Waals surface area contributed by atoms with Crippen LogP contribution in [0.4, 0.5) is 4.39 Å². The van der Waals surface area contributed by atoms with Crippen molar-refractivity contribution in [3.05, 3.63) is 23.0 Å². The smallest absolute Gasteiger partial charge is 0.306 e. The lowest BCUT2D eigenvalue weighted by Gasteiger charge is -2.13. The number of phenolic OH excluding ortho intramolecular Hbond substituents is 1. The summed E-state index contributed by atoms with van der Waals surface area (Å²) in [5, 5.41) is 18.5. The van der Waals surface area contributed by atoms with Crippen molar-refractivity contribution < 1.29 is 24.1 Å². The number of rotatable bonds is 4. The molecule has 0 heterocycles. The molecule has 0 aliphatic heterocycles. The third-order valence-corrected chi connectivity index (χ3v) is 2.72. The average molecular weight is 242 g/mol. The van der Waals surface area contributed by atoms with Crippen molar-refractivity contribution >= 4 is 5.97 Å². The maximum atomic E-state index is 13.5. The fourth-order valence-electron chi connectivity index (χ4n) is 1.59. The molecule has 0 aromatic heterocycles. The fraction of sp³-hybridized carbons (Fsp3) is 0.417. The van der Waals surface area contributed by atoms with Gasteiger partial charge in [-0.05, 0) is 30.5 Å². The third kappa shape index (κ3) is 2.67. The zero-order valence-electron chi connectivity index (χ0n) is 9.95. The second kappa shape index (κ2) is 5.03. The van der Waals surface area contributed by atoms with E-state index in [-0.39, 0.29) is 17.9 Å². The van der Waals surface area contributed by atoms with Crippen molar-refractivity contribution in [3.63, 3.8) is 0 Å². The Hall–Kier alpha value is -1.78. The van der Waals surface area contributed by atoms with Gasteiger partial charge >= 0.3 is 5.97 Å². The Bertz CT molecular complexity index is 443. The van der Waals surface area contributed by atoms with Crippen LogP contribution >= 0.6 is 0 Å². The summed E-state index contributed by atoms with van der Waals surface area (Å²) in [6.07, 6.45) is 0.162. The van der Waals surface area contributed by atoms with Crippen LogP contribution in [-0.2, 0) is 11.2 Å². The maximum absolute atomic E-state index is 13.5.